The second kappa shape index (κ2) is 6.39. The van der Waals surface area contributed by atoms with Gasteiger partial charge in [0.05, 0.1) is 0 Å². The maximum atomic E-state index is 4.66. The third kappa shape index (κ3) is 3.03. The highest BCUT2D eigenvalue weighted by Gasteiger charge is 2.25. The van der Waals surface area contributed by atoms with Gasteiger partial charge in [-0.05, 0) is 33.6 Å². The minimum absolute atomic E-state index is 0.538. The molecule has 0 bridgehead atoms. The van der Waals surface area contributed by atoms with Crippen molar-refractivity contribution in [2.45, 2.75) is 65.5 Å². The Morgan fingerprint density at radius 1 is 1.15 bits per heavy atom. The van der Waals surface area contributed by atoms with E-state index in [4.69, 9.17) is 0 Å². The summed E-state index contributed by atoms with van der Waals surface area (Å²) in [5.41, 5.74) is 4.62. The largest absolute Gasteiger partial charge is 0.373 e. The van der Waals surface area contributed by atoms with Gasteiger partial charge < -0.3 is 10.7 Å². The normalized spacial score (nSPS) is 23.6. The Kier molecular flexibility index (Phi) is 4.81. The van der Waals surface area contributed by atoms with Crippen LogP contribution in [0.25, 0.3) is 0 Å². The summed E-state index contributed by atoms with van der Waals surface area (Å²) in [5.74, 6) is 2.72. The molecule has 20 heavy (non-hydrogen) atoms. The predicted octanol–water partition coefficient (Wildman–Crippen LogP) is 2.98. The van der Waals surface area contributed by atoms with Crippen LogP contribution in [-0.4, -0.2) is 34.1 Å². The van der Waals surface area contributed by atoms with Gasteiger partial charge in [0.1, 0.15) is 17.5 Å². The van der Waals surface area contributed by atoms with E-state index < -0.39 is 0 Å². The van der Waals surface area contributed by atoms with Crippen LogP contribution in [-0.2, 0) is 6.42 Å². The number of nitrogens with zero attached hydrogens (tertiary/aromatic N) is 3. The van der Waals surface area contributed by atoms with Crippen LogP contribution in [0.1, 0.15) is 51.4 Å². The van der Waals surface area contributed by atoms with Gasteiger partial charge in [-0.2, -0.15) is 0 Å². The summed E-state index contributed by atoms with van der Waals surface area (Å²) in [6, 6.07) is 1.08. The minimum Gasteiger partial charge on any atom is -0.373 e. The Labute approximate surface area is 122 Å². The first-order chi connectivity index (χ1) is 9.56. The number of hydrazine groups is 1. The zero-order valence-corrected chi connectivity index (χ0v) is 13.3. The molecule has 2 N–H and O–H groups in total. The van der Waals surface area contributed by atoms with Gasteiger partial charge in [-0.15, -0.1) is 0 Å². The van der Waals surface area contributed by atoms with E-state index in [-0.39, 0.29) is 0 Å². The topological polar surface area (TPSA) is 53.1 Å². The van der Waals surface area contributed by atoms with Crippen molar-refractivity contribution in [2.75, 3.05) is 17.8 Å². The molecule has 0 amide bonds. The van der Waals surface area contributed by atoms with E-state index in [9.17, 15) is 0 Å². The van der Waals surface area contributed by atoms with Crippen LogP contribution in [0.5, 0.6) is 0 Å². The number of aryl methyl sites for hydroxylation is 1. The smallest absolute Gasteiger partial charge is 0.149 e. The molecule has 112 valence electrons. The molecule has 0 aromatic carbocycles. The summed E-state index contributed by atoms with van der Waals surface area (Å²) in [4.78, 5) is 9.18. The van der Waals surface area contributed by atoms with Gasteiger partial charge in [0.25, 0.3) is 0 Å². The van der Waals surface area contributed by atoms with Crippen molar-refractivity contribution in [3.8, 4) is 0 Å². The summed E-state index contributed by atoms with van der Waals surface area (Å²) in [6.45, 7) is 8.70. The quantitative estimate of drug-likeness (QED) is 0.886. The summed E-state index contributed by atoms with van der Waals surface area (Å²) >= 11 is 0. The number of nitrogens with one attached hydrogen (secondary N) is 2. The fraction of sp³-hybridized carbons (Fsp3) is 0.733. The van der Waals surface area contributed by atoms with Crippen molar-refractivity contribution in [3.63, 3.8) is 0 Å². The number of aromatic nitrogens is 2. The highest BCUT2D eigenvalue weighted by atomic mass is 15.5. The molecule has 2 heterocycles. The van der Waals surface area contributed by atoms with Crippen molar-refractivity contribution >= 4 is 11.6 Å². The molecule has 1 aromatic rings. The Morgan fingerprint density at radius 2 is 1.75 bits per heavy atom. The van der Waals surface area contributed by atoms with Crippen molar-refractivity contribution < 1.29 is 0 Å². The molecule has 5 heteroatoms. The van der Waals surface area contributed by atoms with Crippen LogP contribution < -0.4 is 10.7 Å². The molecular weight excluding hydrogens is 250 g/mol. The lowest BCUT2D eigenvalue weighted by Gasteiger charge is -2.39. The summed E-state index contributed by atoms with van der Waals surface area (Å²) in [5, 5.41) is 5.51. The SMILES string of the molecule is CCc1nc(NC)c(C)c(NN2C(C)CCCC2C)n1. The lowest BCUT2D eigenvalue weighted by Crippen LogP contribution is -2.47. The number of hydrogen-bond donors (Lipinski definition) is 2. The van der Waals surface area contributed by atoms with Gasteiger partial charge in [-0.25, -0.2) is 15.0 Å². The first kappa shape index (κ1) is 15.0. The highest BCUT2D eigenvalue weighted by molar-refractivity contribution is 5.56. The third-order valence-corrected chi connectivity index (χ3v) is 4.17. The van der Waals surface area contributed by atoms with E-state index in [1.807, 2.05) is 7.05 Å². The molecule has 2 rings (SSSR count). The van der Waals surface area contributed by atoms with Gasteiger partial charge in [0, 0.05) is 31.1 Å². The van der Waals surface area contributed by atoms with Crippen molar-refractivity contribution in [1.82, 2.24) is 15.0 Å². The van der Waals surface area contributed by atoms with Crippen LogP contribution in [0.15, 0.2) is 0 Å². The maximum absolute atomic E-state index is 4.66. The Hall–Kier alpha value is -1.36. The monoisotopic (exact) mass is 277 g/mol. The summed E-state index contributed by atoms with van der Waals surface area (Å²) in [6.07, 6.45) is 4.63. The molecule has 5 nitrogen and oxygen atoms in total. The molecule has 2 unspecified atom stereocenters. The second-order valence-electron chi connectivity index (χ2n) is 5.71. The van der Waals surface area contributed by atoms with Gasteiger partial charge in [0.2, 0.25) is 0 Å². The zero-order valence-electron chi connectivity index (χ0n) is 13.3. The maximum Gasteiger partial charge on any atom is 0.149 e. The average Bonchev–Trinajstić information content (AvgIpc) is 2.44. The molecule has 2 atom stereocenters. The first-order valence-electron chi connectivity index (χ1n) is 7.67. The molecule has 1 aliphatic rings. The van der Waals surface area contributed by atoms with Crippen LogP contribution >= 0.6 is 0 Å². The van der Waals surface area contributed by atoms with Gasteiger partial charge in [-0.3, -0.25) is 0 Å². The molecule has 1 fully saturated rings. The molecular formula is C15H27N5. The number of rotatable bonds is 4. The first-order valence-corrected chi connectivity index (χ1v) is 7.67. The van der Waals surface area contributed by atoms with Crippen molar-refractivity contribution in [2.24, 2.45) is 0 Å². The van der Waals surface area contributed by atoms with Crippen LogP contribution in [0, 0.1) is 6.92 Å². The minimum atomic E-state index is 0.538. The molecule has 0 saturated carbocycles. The molecule has 0 radical (unpaired) electrons. The molecule has 1 saturated heterocycles. The molecule has 1 aromatic heterocycles. The third-order valence-electron chi connectivity index (χ3n) is 4.17. The number of piperidine rings is 1. The predicted molar refractivity (Wildman–Crippen MR) is 83.9 cm³/mol. The summed E-state index contributed by atoms with van der Waals surface area (Å²) in [7, 11) is 1.91. The Bertz CT molecular complexity index is 450. The van der Waals surface area contributed by atoms with Gasteiger partial charge >= 0.3 is 0 Å². The van der Waals surface area contributed by atoms with Gasteiger partial charge in [-0.1, -0.05) is 13.3 Å². The van der Waals surface area contributed by atoms with E-state index in [2.05, 4.69) is 53.4 Å². The highest BCUT2D eigenvalue weighted by Crippen LogP contribution is 2.26. The standard InChI is InChI=1S/C15H27N5/c1-6-13-17-14(16-5)12(4)15(18-13)19-20-10(2)8-7-9-11(20)3/h10-11H,6-9H2,1-5H3,(H2,16,17,18,19). The van der Waals surface area contributed by atoms with Crippen molar-refractivity contribution in [3.05, 3.63) is 11.4 Å². The number of anilines is 2. The Morgan fingerprint density at radius 3 is 2.30 bits per heavy atom. The van der Waals surface area contributed by atoms with E-state index in [1.165, 1.54) is 19.3 Å². The van der Waals surface area contributed by atoms with Crippen molar-refractivity contribution in [1.29, 1.82) is 0 Å². The van der Waals surface area contributed by atoms with E-state index in [1.54, 1.807) is 0 Å². The molecule has 0 aliphatic carbocycles. The fourth-order valence-corrected chi connectivity index (χ4v) is 2.84. The van der Waals surface area contributed by atoms with Crippen LogP contribution in [0.2, 0.25) is 0 Å². The van der Waals surface area contributed by atoms with E-state index >= 15 is 0 Å². The fourth-order valence-electron chi connectivity index (χ4n) is 2.84. The van der Waals surface area contributed by atoms with Crippen LogP contribution in [0.3, 0.4) is 0 Å². The van der Waals surface area contributed by atoms with E-state index in [0.717, 1.165) is 29.4 Å². The lowest BCUT2D eigenvalue weighted by molar-refractivity contribution is 0.135. The van der Waals surface area contributed by atoms with Crippen LogP contribution in [0.4, 0.5) is 11.6 Å². The summed E-state index contributed by atoms with van der Waals surface area (Å²) < 4.78 is 0. The van der Waals surface area contributed by atoms with E-state index in [0.29, 0.717) is 12.1 Å². The second-order valence-corrected chi connectivity index (χ2v) is 5.71. The Balaban J connectivity index is 2.27. The zero-order chi connectivity index (χ0) is 14.7. The molecule has 0 spiro atoms. The number of hydrogen-bond acceptors (Lipinski definition) is 5. The average molecular weight is 277 g/mol. The molecule has 1 aliphatic heterocycles. The van der Waals surface area contributed by atoms with Gasteiger partial charge in [0.15, 0.2) is 0 Å². The lowest BCUT2D eigenvalue weighted by atomic mass is 10.00.